The number of fused-ring (bicyclic) bond motifs is 1. The number of nitrogens with zero attached hydrogens (tertiary/aromatic N) is 1. The maximum absolute atomic E-state index is 13.0. The summed E-state index contributed by atoms with van der Waals surface area (Å²) in [6.07, 6.45) is 0. The van der Waals surface area contributed by atoms with Gasteiger partial charge >= 0.3 is 0 Å². The first-order valence-electron chi connectivity index (χ1n) is 8.63. The SMILES string of the molecule is O=C1c2ccc(OCc3ccc(F)cc3)cc2C(=O)N1Cc1ccc(F)cc1. The van der Waals surface area contributed by atoms with Crippen LogP contribution >= 0.6 is 0 Å². The van der Waals surface area contributed by atoms with E-state index in [0.717, 1.165) is 10.5 Å². The van der Waals surface area contributed by atoms with Crippen molar-refractivity contribution in [3.05, 3.63) is 101 Å². The normalized spacial score (nSPS) is 13.0. The van der Waals surface area contributed by atoms with E-state index in [0.29, 0.717) is 16.9 Å². The van der Waals surface area contributed by atoms with Crippen LogP contribution < -0.4 is 4.74 Å². The van der Waals surface area contributed by atoms with Gasteiger partial charge in [0.1, 0.15) is 24.0 Å². The highest BCUT2D eigenvalue weighted by atomic mass is 19.1. The first kappa shape index (κ1) is 17.9. The summed E-state index contributed by atoms with van der Waals surface area (Å²) >= 11 is 0. The highest BCUT2D eigenvalue weighted by Crippen LogP contribution is 2.28. The Morgan fingerprint density at radius 3 is 1.93 bits per heavy atom. The van der Waals surface area contributed by atoms with Crippen molar-refractivity contribution in [2.75, 3.05) is 0 Å². The van der Waals surface area contributed by atoms with Gasteiger partial charge in [0.15, 0.2) is 0 Å². The number of rotatable bonds is 5. The van der Waals surface area contributed by atoms with Crippen molar-refractivity contribution >= 4 is 11.8 Å². The fraction of sp³-hybridized carbons (Fsp3) is 0.0909. The summed E-state index contributed by atoms with van der Waals surface area (Å²) in [7, 11) is 0. The summed E-state index contributed by atoms with van der Waals surface area (Å²) in [5.41, 5.74) is 2.01. The highest BCUT2D eigenvalue weighted by molar-refractivity contribution is 6.21. The summed E-state index contributed by atoms with van der Waals surface area (Å²) in [5, 5.41) is 0. The number of hydrogen-bond acceptors (Lipinski definition) is 3. The Morgan fingerprint density at radius 1 is 0.714 bits per heavy atom. The monoisotopic (exact) mass is 379 g/mol. The largest absolute Gasteiger partial charge is 0.489 e. The van der Waals surface area contributed by atoms with Gasteiger partial charge in [0.2, 0.25) is 0 Å². The molecule has 2 amide bonds. The first-order chi connectivity index (χ1) is 13.5. The summed E-state index contributed by atoms with van der Waals surface area (Å²) in [6.45, 7) is 0.277. The van der Waals surface area contributed by atoms with Crippen LogP contribution in [0.25, 0.3) is 0 Å². The molecule has 4 rings (SSSR count). The van der Waals surface area contributed by atoms with Crippen molar-refractivity contribution in [3.63, 3.8) is 0 Å². The minimum absolute atomic E-state index is 0.0679. The molecular formula is C22H15F2NO3. The maximum Gasteiger partial charge on any atom is 0.262 e. The van der Waals surface area contributed by atoms with Crippen LogP contribution in [0.2, 0.25) is 0 Å². The van der Waals surface area contributed by atoms with E-state index in [2.05, 4.69) is 0 Å². The van der Waals surface area contributed by atoms with Crippen molar-refractivity contribution in [3.8, 4) is 5.75 Å². The molecule has 3 aromatic rings. The molecule has 28 heavy (non-hydrogen) atoms. The first-order valence-corrected chi connectivity index (χ1v) is 8.63. The molecule has 0 unspecified atom stereocenters. The van der Waals surface area contributed by atoms with Gasteiger partial charge in [0.05, 0.1) is 17.7 Å². The molecule has 4 nitrogen and oxygen atoms in total. The maximum atomic E-state index is 13.0. The van der Waals surface area contributed by atoms with E-state index in [-0.39, 0.29) is 30.3 Å². The molecule has 3 aromatic carbocycles. The Balaban J connectivity index is 1.50. The average Bonchev–Trinajstić information content (AvgIpc) is 2.94. The lowest BCUT2D eigenvalue weighted by Crippen LogP contribution is -2.29. The molecule has 0 fully saturated rings. The molecular weight excluding hydrogens is 364 g/mol. The Bertz CT molecular complexity index is 1050. The van der Waals surface area contributed by atoms with Crippen LogP contribution in [-0.2, 0) is 13.2 Å². The van der Waals surface area contributed by atoms with E-state index in [1.807, 2.05) is 0 Å². The van der Waals surface area contributed by atoms with Gasteiger partial charge in [-0.1, -0.05) is 24.3 Å². The molecule has 6 heteroatoms. The smallest absolute Gasteiger partial charge is 0.262 e. The third-order valence-electron chi connectivity index (χ3n) is 4.51. The molecule has 0 aliphatic carbocycles. The van der Waals surface area contributed by atoms with E-state index in [4.69, 9.17) is 4.74 Å². The predicted molar refractivity (Wildman–Crippen MR) is 97.8 cm³/mol. The molecule has 0 aromatic heterocycles. The van der Waals surface area contributed by atoms with Gasteiger partial charge in [-0.15, -0.1) is 0 Å². The summed E-state index contributed by atoms with van der Waals surface area (Å²) in [5.74, 6) is -1.08. The van der Waals surface area contributed by atoms with Gasteiger partial charge in [0.25, 0.3) is 11.8 Å². The van der Waals surface area contributed by atoms with E-state index in [9.17, 15) is 18.4 Å². The van der Waals surface area contributed by atoms with Crippen LogP contribution in [-0.4, -0.2) is 16.7 Å². The zero-order valence-electron chi connectivity index (χ0n) is 14.7. The fourth-order valence-electron chi connectivity index (χ4n) is 3.02. The number of benzene rings is 3. The number of carbonyl (C=O) groups is 2. The lowest BCUT2D eigenvalue weighted by atomic mass is 10.1. The molecule has 1 aliphatic heterocycles. The van der Waals surface area contributed by atoms with Gasteiger partial charge in [-0.25, -0.2) is 8.78 Å². The second-order valence-electron chi connectivity index (χ2n) is 6.45. The molecule has 0 spiro atoms. The second-order valence-corrected chi connectivity index (χ2v) is 6.45. The fourth-order valence-corrected chi connectivity index (χ4v) is 3.02. The number of ether oxygens (including phenoxy) is 1. The van der Waals surface area contributed by atoms with Crippen molar-refractivity contribution in [1.29, 1.82) is 0 Å². The van der Waals surface area contributed by atoms with E-state index < -0.39 is 11.8 Å². The van der Waals surface area contributed by atoms with Crippen molar-refractivity contribution in [2.45, 2.75) is 13.2 Å². The number of halogens is 2. The van der Waals surface area contributed by atoms with Crippen molar-refractivity contribution in [1.82, 2.24) is 4.90 Å². The molecule has 0 saturated heterocycles. The van der Waals surface area contributed by atoms with Crippen molar-refractivity contribution in [2.24, 2.45) is 0 Å². The quantitative estimate of drug-likeness (QED) is 0.620. The van der Waals surface area contributed by atoms with Crippen LogP contribution in [0.4, 0.5) is 8.78 Å². The summed E-state index contributed by atoms with van der Waals surface area (Å²) in [6, 6.07) is 16.3. The second kappa shape index (κ2) is 7.23. The number of amides is 2. The Kier molecular flexibility index (Phi) is 4.61. The molecule has 1 heterocycles. The standard InChI is InChI=1S/C22H15F2NO3/c23-16-5-1-14(2-6-16)12-25-21(26)19-10-9-18(11-20(19)22(25)27)28-13-15-3-7-17(24)8-4-15/h1-11H,12-13H2. The van der Waals surface area contributed by atoms with Gasteiger partial charge in [-0.3, -0.25) is 14.5 Å². The molecule has 140 valence electrons. The van der Waals surface area contributed by atoms with Crippen LogP contribution in [0.1, 0.15) is 31.8 Å². The van der Waals surface area contributed by atoms with Crippen LogP contribution in [0.3, 0.4) is 0 Å². The number of imide groups is 1. The molecule has 0 saturated carbocycles. The van der Waals surface area contributed by atoms with E-state index in [1.165, 1.54) is 42.5 Å². The van der Waals surface area contributed by atoms with Crippen LogP contribution in [0.15, 0.2) is 66.7 Å². The summed E-state index contributed by atoms with van der Waals surface area (Å²) < 4.78 is 31.7. The Hall–Kier alpha value is -3.54. The topological polar surface area (TPSA) is 46.6 Å². The van der Waals surface area contributed by atoms with Gasteiger partial charge in [-0.2, -0.15) is 0 Å². The van der Waals surface area contributed by atoms with Crippen LogP contribution in [0, 0.1) is 11.6 Å². The Morgan fingerprint density at radius 2 is 1.29 bits per heavy atom. The predicted octanol–water partition coefficient (Wildman–Crippen LogP) is 4.34. The minimum atomic E-state index is -0.420. The van der Waals surface area contributed by atoms with Gasteiger partial charge in [-0.05, 0) is 53.6 Å². The zero-order chi connectivity index (χ0) is 19.7. The van der Waals surface area contributed by atoms with E-state index >= 15 is 0 Å². The third kappa shape index (κ3) is 3.49. The Labute approximate surface area is 160 Å². The van der Waals surface area contributed by atoms with Gasteiger partial charge < -0.3 is 4.74 Å². The average molecular weight is 379 g/mol. The molecule has 0 N–H and O–H groups in total. The van der Waals surface area contributed by atoms with E-state index in [1.54, 1.807) is 24.3 Å². The molecule has 1 aliphatic rings. The number of hydrogen-bond donors (Lipinski definition) is 0. The van der Waals surface area contributed by atoms with Crippen LogP contribution in [0.5, 0.6) is 5.75 Å². The lowest BCUT2D eigenvalue weighted by Gasteiger charge is -2.13. The van der Waals surface area contributed by atoms with Gasteiger partial charge in [0, 0.05) is 0 Å². The lowest BCUT2D eigenvalue weighted by molar-refractivity contribution is 0.0642. The summed E-state index contributed by atoms with van der Waals surface area (Å²) in [4.78, 5) is 26.4. The molecule has 0 atom stereocenters. The molecule has 0 bridgehead atoms. The van der Waals surface area contributed by atoms with Crippen molar-refractivity contribution < 1.29 is 23.1 Å². The highest BCUT2D eigenvalue weighted by Gasteiger charge is 2.35. The number of carbonyl (C=O) groups excluding carboxylic acids is 2. The minimum Gasteiger partial charge on any atom is -0.489 e. The zero-order valence-corrected chi connectivity index (χ0v) is 14.7. The third-order valence-corrected chi connectivity index (χ3v) is 4.51. The molecule has 0 radical (unpaired) electrons.